The first-order valence-corrected chi connectivity index (χ1v) is 11.6. The van der Waals surface area contributed by atoms with E-state index in [1.807, 2.05) is 30.3 Å². The number of amides is 1. The Hall–Kier alpha value is -2.65. The van der Waals surface area contributed by atoms with E-state index in [4.69, 9.17) is 16.3 Å². The molecule has 1 aromatic carbocycles. The Bertz CT molecular complexity index is 1060. The van der Waals surface area contributed by atoms with E-state index in [0.29, 0.717) is 24.2 Å². The highest BCUT2D eigenvalue weighted by molar-refractivity contribution is 7.91. The number of nitrogens with one attached hydrogen (secondary N) is 1. The van der Waals surface area contributed by atoms with Crippen molar-refractivity contribution in [2.45, 2.75) is 25.9 Å². The smallest absolute Gasteiger partial charge is 0.331 e. The molecule has 1 aliphatic rings. The van der Waals surface area contributed by atoms with Crippen molar-refractivity contribution in [3.63, 3.8) is 0 Å². The number of ether oxygens (including phenoxy) is 1. The summed E-state index contributed by atoms with van der Waals surface area (Å²) in [5, 5.41) is 7.24. The topological polar surface area (TPSA) is 107 Å². The van der Waals surface area contributed by atoms with E-state index >= 15 is 0 Å². The number of nitrogens with zero attached hydrogens (tertiary/aromatic N) is 2. The van der Waals surface area contributed by atoms with Gasteiger partial charge in [0.2, 0.25) is 0 Å². The Morgan fingerprint density at radius 2 is 2.07 bits per heavy atom. The van der Waals surface area contributed by atoms with Gasteiger partial charge in [-0.15, -0.1) is 0 Å². The molecule has 0 unspecified atom stereocenters. The van der Waals surface area contributed by atoms with Gasteiger partial charge in [-0.05, 0) is 25.0 Å². The summed E-state index contributed by atoms with van der Waals surface area (Å²) >= 11 is 6.35. The maximum Gasteiger partial charge on any atom is 0.331 e. The van der Waals surface area contributed by atoms with Crippen LogP contribution in [0.5, 0.6) is 0 Å². The molecule has 1 aromatic heterocycles. The number of hydrogen-bond acceptors (Lipinski definition) is 6. The SMILES string of the molecule is Cc1nn([C@H]2CCS(=O)(=O)C2)c(Cl)c1/C=C/C(=O)OCC(=O)NCc1ccccc1. The van der Waals surface area contributed by atoms with Gasteiger partial charge in [0.15, 0.2) is 16.4 Å². The van der Waals surface area contributed by atoms with Crippen LogP contribution < -0.4 is 5.32 Å². The summed E-state index contributed by atoms with van der Waals surface area (Å²) in [4.78, 5) is 23.7. The standard InChI is InChI=1S/C20H22ClN3O5S/c1-14-17(20(21)24(23-14)16-9-10-30(27,28)13-16)7-8-19(26)29-12-18(25)22-11-15-5-3-2-4-6-15/h2-8,16H,9-13H2,1H3,(H,22,25)/b8-7+/t16-/m0/s1. The van der Waals surface area contributed by atoms with Crippen LogP contribution in [0.1, 0.15) is 29.3 Å². The number of rotatable bonds is 7. The third-order valence-electron chi connectivity index (χ3n) is 4.69. The minimum atomic E-state index is -3.08. The van der Waals surface area contributed by atoms with Crippen LogP contribution in [-0.2, 0) is 30.7 Å². The van der Waals surface area contributed by atoms with Gasteiger partial charge < -0.3 is 10.1 Å². The van der Waals surface area contributed by atoms with Crippen LogP contribution in [0.3, 0.4) is 0 Å². The van der Waals surface area contributed by atoms with Crippen molar-refractivity contribution < 1.29 is 22.7 Å². The number of benzene rings is 1. The quantitative estimate of drug-likeness (QED) is 0.510. The minimum Gasteiger partial charge on any atom is -0.452 e. The zero-order chi connectivity index (χ0) is 21.7. The molecule has 0 aliphatic carbocycles. The van der Waals surface area contributed by atoms with Crippen molar-refractivity contribution >= 4 is 39.4 Å². The second-order valence-corrected chi connectivity index (χ2v) is 9.58. The normalized spacial score (nSPS) is 17.9. The van der Waals surface area contributed by atoms with Crippen LogP contribution >= 0.6 is 11.6 Å². The lowest BCUT2D eigenvalue weighted by atomic mass is 10.2. The molecule has 30 heavy (non-hydrogen) atoms. The molecular formula is C20H22ClN3O5S. The summed E-state index contributed by atoms with van der Waals surface area (Å²) in [6, 6.07) is 9.06. The highest BCUT2D eigenvalue weighted by atomic mass is 35.5. The lowest BCUT2D eigenvalue weighted by Crippen LogP contribution is -2.28. The molecule has 0 spiro atoms. The summed E-state index contributed by atoms with van der Waals surface area (Å²) in [5.41, 5.74) is 2.01. The van der Waals surface area contributed by atoms with Crippen LogP contribution in [0, 0.1) is 6.92 Å². The molecule has 0 saturated carbocycles. The summed E-state index contributed by atoms with van der Waals surface area (Å²) < 4.78 is 29.8. The molecule has 1 atom stereocenters. The van der Waals surface area contributed by atoms with E-state index < -0.39 is 28.3 Å². The number of aryl methyl sites for hydroxylation is 1. The first kappa shape index (κ1) is 22.0. The van der Waals surface area contributed by atoms with Gasteiger partial charge in [-0.3, -0.25) is 4.79 Å². The molecule has 1 saturated heterocycles. The molecule has 1 amide bonds. The van der Waals surface area contributed by atoms with Gasteiger partial charge >= 0.3 is 5.97 Å². The van der Waals surface area contributed by atoms with Crippen LogP contribution in [-0.4, -0.2) is 48.2 Å². The zero-order valence-electron chi connectivity index (χ0n) is 16.4. The lowest BCUT2D eigenvalue weighted by molar-refractivity contribution is -0.143. The van der Waals surface area contributed by atoms with Gasteiger partial charge in [0, 0.05) is 18.2 Å². The molecule has 1 fully saturated rings. The van der Waals surface area contributed by atoms with Gasteiger partial charge in [0.1, 0.15) is 5.15 Å². The molecule has 2 heterocycles. The molecule has 8 nitrogen and oxygen atoms in total. The summed E-state index contributed by atoms with van der Waals surface area (Å²) in [7, 11) is -3.08. The average molecular weight is 452 g/mol. The molecule has 1 N–H and O–H groups in total. The number of esters is 1. The van der Waals surface area contributed by atoms with Crippen molar-refractivity contribution in [1.29, 1.82) is 0 Å². The monoisotopic (exact) mass is 451 g/mol. The zero-order valence-corrected chi connectivity index (χ0v) is 17.9. The fourth-order valence-corrected chi connectivity index (χ4v) is 5.18. The fraction of sp³-hybridized carbons (Fsp3) is 0.350. The van der Waals surface area contributed by atoms with Gasteiger partial charge in [-0.25, -0.2) is 17.9 Å². The summed E-state index contributed by atoms with van der Waals surface area (Å²) in [5.74, 6) is -1.00. The number of halogens is 1. The molecule has 0 radical (unpaired) electrons. The number of hydrogen-bond donors (Lipinski definition) is 1. The third-order valence-corrected chi connectivity index (χ3v) is 6.82. The lowest BCUT2D eigenvalue weighted by Gasteiger charge is -2.09. The number of aromatic nitrogens is 2. The number of sulfone groups is 1. The molecule has 10 heteroatoms. The largest absolute Gasteiger partial charge is 0.452 e. The van der Waals surface area contributed by atoms with E-state index in [0.717, 1.165) is 11.6 Å². The Morgan fingerprint density at radius 3 is 2.73 bits per heavy atom. The van der Waals surface area contributed by atoms with Gasteiger partial charge in [0.05, 0.1) is 23.2 Å². The average Bonchev–Trinajstić information content (AvgIpc) is 3.22. The van der Waals surface area contributed by atoms with Crippen molar-refractivity contribution in [3.05, 3.63) is 58.4 Å². The van der Waals surface area contributed by atoms with E-state index in [1.54, 1.807) is 6.92 Å². The molecule has 160 valence electrons. The van der Waals surface area contributed by atoms with E-state index in [-0.39, 0.29) is 22.7 Å². The van der Waals surface area contributed by atoms with Crippen molar-refractivity contribution in [3.8, 4) is 0 Å². The Kier molecular flexibility index (Phi) is 6.94. The van der Waals surface area contributed by atoms with E-state index in [9.17, 15) is 18.0 Å². The fourth-order valence-electron chi connectivity index (χ4n) is 3.12. The molecule has 3 rings (SSSR count). The highest BCUT2D eigenvalue weighted by Crippen LogP contribution is 2.30. The maximum absolute atomic E-state index is 11.9. The molecule has 0 bridgehead atoms. The second-order valence-electron chi connectivity index (χ2n) is 6.99. The van der Waals surface area contributed by atoms with Crippen molar-refractivity contribution in [1.82, 2.24) is 15.1 Å². The molecule has 2 aromatic rings. The van der Waals surface area contributed by atoms with Gasteiger partial charge in [0.25, 0.3) is 5.91 Å². The molecular weight excluding hydrogens is 430 g/mol. The predicted octanol–water partition coefficient (Wildman–Crippen LogP) is 2.08. The predicted molar refractivity (Wildman–Crippen MR) is 113 cm³/mol. The maximum atomic E-state index is 11.9. The first-order chi connectivity index (χ1) is 14.2. The second kappa shape index (κ2) is 9.44. The van der Waals surface area contributed by atoms with Crippen LogP contribution in [0.15, 0.2) is 36.4 Å². The van der Waals surface area contributed by atoms with E-state index in [1.165, 1.54) is 10.8 Å². The summed E-state index contributed by atoms with van der Waals surface area (Å²) in [6.45, 7) is 1.66. The Balaban J connectivity index is 1.53. The number of carbonyl (C=O) groups excluding carboxylic acids is 2. The highest BCUT2D eigenvalue weighted by Gasteiger charge is 2.31. The summed E-state index contributed by atoms with van der Waals surface area (Å²) in [6.07, 6.45) is 3.07. The van der Waals surface area contributed by atoms with E-state index in [2.05, 4.69) is 10.4 Å². The van der Waals surface area contributed by atoms with Gasteiger partial charge in [-0.1, -0.05) is 41.9 Å². The third kappa shape index (κ3) is 5.70. The van der Waals surface area contributed by atoms with Crippen molar-refractivity contribution in [2.75, 3.05) is 18.1 Å². The Morgan fingerprint density at radius 1 is 1.33 bits per heavy atom. The van der Waals surface area contributed by atoms with Crippen LogP contribution in [0.25, 0.3) is 6.08 Å². The van der Waals surface area contributed by atoms with Crippen LogP contribution in [0.2, 0.25) is 5.15 Å². The first-order valence-electron chi connectivity index (χ1n) is 9.35. The van der Waals surface area contributed by atoms with Crippen LogP contribution in [0.4, 0.5) is 0 Å². The number of carbonyl (C=O) groups is 2. The Labute approximate surface area is 179 Å². The minimum absolute atomic E-state index is 0.00285. The van der Waals surface area contributed by atoms with Gasteiger partial charge in [-0.2, -0.15) is 5.10 Å². The molecule has 1 aliphatic heterocycles. The van der Waals surface area contributed by atoms with Crippen molar-refractivity contribution in [2.24, 2.45) is 0 Å².